The number of hydrogen-bond donors (Lipinski definition) is 1. The summed E-state index contributed by atoms with van der Waals surface area (Å²) >= 11 is 0. The molecular formula is C34H35FN6O4. The fourth-order valence-electron chi connectivity index (χ4n) is 7.09. The van der Waals surface area contributed by atoms with Crippen molar-refractivity contribution in [3.05, 3.63) is 53.8 Å². The first-order valence-electron chi connectivity index (χ1n) is 15.6. The van der Waals surface area contributed by atoms with E-state index in [0.29, 0.717) is 48.8 Å². The molecule has 2 atom stereocenters. The highest BCUT2D eigenvalue weighted by Gasteiger charge is 2.34. The first-order valence-corrected chi connectivity index (χ1v) is 15.6. The molecule has 0 bridgehead atoms. The van der Waals surface area contributed by atoms with Crippen LogP contribution < -0.4 is 14.4 Å². The minimum absolute atomic E-state index is 0.0641. The summed E-state index contributed by atoms with van der Waals surface area (Å²) in [6.07, 6.45) is 2.71. The van der Waals surface area contributed by atoms with Crippen molar-refractivity contribution in [1.29, 1.82) is 5.26 Å². The number of fused-ring (bicyclic) bond motifs is 4. The summed E-state index contributed by atoms with van der Waals surface area (Å²) in [6, 6.07) is 15.0. The van der Waals surface area contributed by atoms with Crippen LogP contribution in [-0.2, 0) is 6.42 Å². The standard InChI is InChI=1S/C34H35FN6O4/c1-39-14-4-8-23(39)20-45-33-37-28-18-26(24-9-2-6-21-7-3-11-27(35)29(21)24)25-10-5-17-44-31(25)30(28)32(38-33)40-15-16-41(34(42)43)22(19-40)12-13-36/h2-3,6-7,9,11,18,22-23H,4-5,8,10,12,14-17,19-20H2,1H3,(H,42,43). The average Bonchev–Trinajstić information content (AvgIpc) is 3.47. The number of benzene rings is 3. The minimum Gasteiger partial charge on any atom is -0.492 e. The molecule has 232 valence electrons. The number of ether oxygens (including phenoxy) is 2. The molecule has 3 aliphatic rings. The number of nitriles is 1. The normalized spacial score (nSPS) is 20.2. The number of piperazine rings is 1. The topological polar surface area (TPSA) is 115 Å². The largest absolute Gasteiger partial charge is 0.492 e. The number of halogens is 1. The van der Waals surface area contributed by atoms with Gasteiger partial charge >= 0.3 is 12.1 Å². The van der Waals surface area contributed by atoms with Crippen LogP contribution in [0.1, 0.15) is 31.2 Å². The zero-order valence-corrected chi connectivity index (χ0v) is 25.2. The molecule has 1 amide bonds. The van der Waals surface area contributed by atoms with Gasteiger partial charge in [-0.05, 0) is 67.9 Å². The van der Waals surface area contributed by atoms with Crippen LogP contribution in [0.3, 0.4) is 0 Å². The number of rotatable bonds is 6. The summed E-state index contributed by atoms with van der Waals surface area (Å²) in [6.45, 7) is 2.88. The van der Waals surface area contributed by atoms with Gasteiger partial charge in [0.25, 0.3) is 0 Å². The van der Waals surface area contributed by atoms with Crippen LogP contribution in [0.2, 0.25) is 0 Å². The highest BCUT2D eigenvalue weighted by atomic mass is 19.1. The van der Waals surface area contributed by atoms with Crippen molar-refractivity contribution in [2.24, 2.45) is 0 Å². The van der Waals surface area contributed by atoms with E-state index in [2.05, 4.69) is 18.0 Å². The second-order valence-corrected chi connectivity index (χ2v) is 12.1. The zero-order chi connectivity index (χ0) is 31.1. The summed E-state index contributed by atoms with van der Waals surface area (Å²) in [5.41, 5.74) is 3.20. The van der Waals surface area contributed by atoms with E-state index in [1.54, 1.807) is 6.07 Å². The average molecular weight is 611 g/mol. The van der Waals surface area contributed by atoms with Gasteiger partial charge in [-0.1, -0.05) is 30.3 Å². The Kier molecular flexibility index (Phi) is 7.75. The molecule has 0 aliphatic carbocycles. The Morgan fingerprint density at radius 3 is 2.73 bits per heavy atom. The Morgan fingerprint density at radius 2 is 1.96 bits per heavy atom. The Bertz CT molecular complexity index is 1820. The molecule has 4 aromatic rings. The lowest BCUT2D eigenvalue weighted by Crippen LogP contribution is -2.55. The summed E-state index contributed by atoms with van der Waals surface area (Å²) in [4.78, 5) is 27.4. The lowest BCUT2D eigenvalue weighted by Gasteiger charge is -2.40. The Labute approximate surface area is 260 Å². The first-order chi connectivity index (χ1) is 21.9. The molecule has 0 radical (unpaired) electrons. The van der Waals surface area contributed by atoms with Gasteiger partial charge in [0, 0.05) is 36.6 Å². The van der Waals surface area contributed by atoms with E-state index in [-0.39, 0.29) is 30.8 Å². The van der Waals surface area contributed by atoms with E-state index >= 15 is 4.39 Å². The van der Waals surface area contributed by atoms with Gasteiger partial charge < -0.3 is 29.3 Å². The van der Waals surface area contributed by atoms with E-state index in [0.717, 1.165) is 59.7 Å². The zero-order valence-electron chi connectivity index (χ0n) is 25.2. The number of amides is 1. The van der Waals surface area contributed by atoms with Gasteiger partial charge in [-0.15, -0.1) is 0 Å². The second kappa shape index (κ2) is 12.0. The third-order valence-electron chi connectivity index (χ3n) is 9.40. The van der Waals surface area contributed by atoms with Crippen LogP contribution >= 0.6 is 0 Å². The van der Waals surface area contributed by atoms with Crippen LogP contribution in [0, 0.1) is 17.1 Å². The summed E-state index contributed by atoms with van der Waals surface area (Å²) < 4.78 is 28.0. The maximum absolute atomic E-state index is 15.4. The number of anilines is 1. The fourth-order valence-corrected chi connectivity index (χ4v) is 7.09. The molecule has 45 heavy (non-hydrogen) atoms. The number of aromatic nitrogens is 2. The predicted molar refractivity (Wildman–Crippen MR) is 168 cm³/mol. The smallest absolute Gasteiger partial charge is 0.407 e. The van der Waals surface area contributed by atoms with Crippen molar-refractivity contribution >= 4 is 33.6 Å². The van der Waals surface area contributed by atoms with E-state index in [9.17, 15) is 15.2 Å². The van der Waals surface area contributed by atoms with Gasteiger partial charge in [-0.2, -0.15) is 15.2 Å². The molecule has 4 heterocycles. The molecule has 2 saturated heterocycles. The third kappa shape index (κ3) is 5.33. The van der Waals surface area contributed by atoms with Gasteiger partial charge in [0.1, 0.15) is 24.0 Å². The van der Waals surface area contributed by atoms with Crippen molar-refractivity contribution in [3.8, 4) is 29.0 Å². The van der Waals surface area contributed by atoms with Crippen LogP contribution in [0.25, 0.3) is 32.8 Å². The Hall–Kier alpha value is -4.69. The monoisotopic (exact) mass is 610 g/mol. The third-order valence-corrected chi connectivity index (χ3v) is 9.40. The Balaban J connectivity index is 1.41. The van der Waals surface area contributed by atoms with Gasteiger partial charge in [0.15, 0.2) is 0 Å². The maximum atomic E-state index is 15.4. The van der Waals surface area contributed by atoms with Crippen molar-refractivity contribution in [2.75, 3.05) is 51.3 Å². The summed E-state index contributed by atoms with van der Waals surface area (Å²) in [7, 11) is 2.09. The molecule has 1 N–H and O–H groups in total. The van der Waals surface area contributed by atoms with Crippen molar-refractivity contribution in [2.45, 2.75) is 44.2 Å². The molecule has 0 spiro atoms. The molecule has 3 aliphatic heterocycles. The molecule has 11 heteroatoms. The maximum Gasteiger partial charge on any atom is 0.407 e. The molecule has 0 saturated carbocycles. The minimum atomic E-state index is -1.04. The molecular weight excluding hydrogens is 575 g/mol. The number of nitrogens with zero attached hydrogens (tertiary/aromatic N) is 6. The van der Waals surface area contributed by atoms with Crippen molar-refractivity contribution < 1.29 is 23.8 Å². The molecule has 3 aromatic carbocycles. The van der Waals surface area contributed by atoms with Gasteiger partial charge in [-0.3, -0.25) is 0 Å². The highest BCUT2D eigenvalue weighted by Crippen LogP contribution is 2.46. The van der Waals surface area contributed by atoms with E-state index < -0.39 is 12.1 Å². The van der Waals surface area contributed by atoms with Crippen molar-refractivity contribution in [1.82, 2.24) is 19.8 Å². The number of likely N-dealkylation sites (N-methyl/N-ethyl adjacent to an activating group) is 1. The van der Waals surface area contributed by atoms with E-state index in [4.69, 9.17) is 19.4 Å². The van der Waals surface area contributed by atoms with Crippen molar-refractivity contribution in [3.63, 3.8) is 0 Å². The van der Waals surface area contributed by atoms with Gasteiger partial charge in [-0.25, -0.2) is 9.18 Å². The number of hydrogen-bond acceptors (Lipinski definition) is 8. The molecule has 2 unspecified atom stereocenters. The molecule has 1 aromatic heterocycles. The summed E-state index contributed by atoms with van der Waals surface area (Å²) in [5, 5.41) is 21.4. The van der Waals surface area contributed by atoms with Crippen LogP contribution in [0.4, 0.5) is 15.0 Å². The lowest BCUT2D eigenvalue weighted by atomic mass is 9.89. The number of carboxylic acid groups (broad SMARTS) is 1. The van der Waals surface area contributed by atoms with E-state index in [1.165, 1.54) is 11.0 Å². The Morgan fingerprint density at radius 1 is 1.11 bits per heavy atom. The first kappa shape index (κ1) is 29.0. The summed E-state index contributed by atoms with van der Waals surface area (Å²) in [5.74, 6) is 0.967. The number of carbonyl (C=O) groups is 1. The second-order valence-electron chi connectivity index (χ2n) is 12.1. The molecule has 2 fully saturated rings. The fraction of sp³-hybridized carbons (Fsp3) is 0.412. The SMILES string of the molecule is CN1CCCC1COc1nc(N2CCN(C(=O)O)C(CC#N)C2)c2c3c(c(-c4cccc5cccc(F)c45)cc2n1)CCCO3. The quantitative estimate of drug-likeness (QED) is 0.304. The van der Waals surface area contributed by atoms with Gasteiger partial charge in [0.2, 0.25) is 0 Å². The van der Waals surface area contributed by atoms with Crippen LogP contribution in [-0.4, -0.2) is 89.5 Å². The van der Waals surface area contributed by atoms with Crippen LogP contribution in [0.5, 0.6) is 11.8 Å². The van der Waals surface area contributed by atoms with E-state index in [1.807, 2.05) is 35.2 Å². The lowest BCUT2D eigenvalue weighted by molar-refractivity contribution is 0.119. The number of likely N-dealkylation sites (tertiary alicyclic amines) is 1. The van der Waals surface area contributed by atoms with Crippen LogP contribution in [0.15, 0.2) is 42.5 Å². The molecule has 7 rings (SSSR count). The van der Waals surface area contributed by atoms with Gasteiger partial charge in [0.05, 0.1) is 36.0 Å². The molecule has 10 nitrogen and oxygen atoms in total. The highest BCUT2D eigenvalue weighted by molar-refractivity contribution is 6.04. The predicted octanol–water partition coefficient (Wildman–Crippen LogP) is 5.47.